The van der Waals surface area contributed by atoms with Crippen molar-refractivity contribution in [3.05, 3.63) is 35.7 Å². The second-order valence-electron chi connectivity index (χ2n) is 2.22. The number of hydrogen-bond donors (Lipinski definition) is 1. The number of pyridine rings is 1. The Morgan fingerprint density at radius 2 is 2.38 bits per heavy atom. The molecule has 64 valence electrons. The molecular formula is C9H6N2O2. The highest BCUT2D eigenvalue weighted by Crippen LogP contribution is 2.01. The lowest BCUT2D eigenvalue weighted by molar-refractivity contribution is 0.0690. The van der Waals surface area contributed by atoms with Gasteiger partial charge >= 0.3 is 5.97 Å². The average Bonchev–Trinajstić information content (AvgIpc) is 2.15. The number of carboxylic acid groups (broad SMARTS) is 1. The van der Waals surface area contributed by atoms with Crippen LogP contribution in [0.5, 0.6) is 0 Å². The van der Waals surface area contributed by atoms with Gasteiger partial charge in [-0.2, -0.15) is 5.26 Å². The fourth-order valence-electron chi connectivity index (χ4n) is 0.786. The summed E-state index contributed by atoms with van der Waals surface area (Å²) >= 11 is 0. The maximum atomic E-state index is 10.5. The van der Waals surface area contributed by atoms with Gasteiger partial charge in [-0.15, -0.1) is 0 Å². The molecule has 13 heavy (non-hydrogen) atoms. The first-order valence-corrected chi connectivity index (χ1v) is 3.50. The van der Waals surface area contributed by atoms with Crippen molar-refractivity contribution in [1.82, 2.24) is 4.98 Å². The molecule has 0 fully saturated rings. The van der Waals surface area contributed by atoms with E-state index in [0.29, 0.717) is 5.69 Å². The molecular weight excluding hydrogens is 168 g/mol. The summed E-state index contributed by atoms with van der Waals surface area (Å²) in [6, 6.07) is 6.39. The molecule has 1 aromatic rings. The van der Waals surface area contributed by atoms with Crippen LogP contribution >= 0.6 is 0 Å². The zero-order chi connectivity index (χ0) is 9.68. The van der Waals surface area contributed by atoms with Gasteiger partial charge in [0, 0.05) is 6.08 Å². The van der Waals surface area contributed by atoms with Gasteiger partial charge in [0.05, 0.1) is 11.8 Å². The van der Waals surface area contributed by atoms with Crippen LogP contribution in [0.4, 0.5) is 0 Å². The SMILES string of the molecule is N#CC=Cc1cccc(C(=O)O)n1. The molecule has 0 saturated carbocycles. The van der Waals surface area contributed by atoms with Crippen molar-refractivity contribution in [1.29, 1.82) is 5.26 Å². The van der Waals surface area contributed by atoms with E-state index in [2.05, 4.69) is 4.98 Å². The number of aromatic nitrogens is 1. The first-order chi connectivity index (χ1) is 6.24. The van der Waals surface area contributed by atoms with Crippen LogP contribution in [0.1, 0.15) is 16.2 Å². The van der Waals surface area contributed by atoms with E-state index in [1.807, 2.05) is 0 Å². The number of nitriles is 1. The minimum absolute atomic E-state index is 0.0277. The quantitative estimate of drug-likeness (QED) is 0.686. The van der Waals surface area contributed by atoms with Crippen LogP contribution in [0.3, 0.4) is 0 Å². The summed E-state index contributed by atoms with van der Waals surface area (Å²) in [4.78, 5) is 14.2. The summed E-state index contributed by atoms with van der Waals surface area (Å²) in [5.41, 5.74) is 0.432. The molecule has 1 N–H and O–H groups in total. The van der Waals surface area contributed by atoms with E-state index in [0.717, 1.165) is 0 Å². The summed E-state index contributed by atoms with van der Waals surface area (Å²) in [5.74, 6) is -1.08. The Hall–Kier alpha value is -2.15. The molecule has 4 nitrogen and oxygen atoms in total. The Morgan fingerprint density at radius 3 is 3.00 bits per heavy atom. The van der Waals surface area contributed by atoms with Crippen LogP contribution in [0.15, 0.2) is 24.3 Å². The van der Waals surface area contributed by atoms with E-state index in [1.165, 1.54) is 18.2 Å². The lowest BCUT2D eigenvalue weighted by Crippen LogP contribution is -2.00. The van der Waals surface area contributed by atoms with Gasteiger partial charge in [0.1, 0.15) is 5.69 Å². The summed E-state index contributed by atoms with van der Waals surface area (Å²) in [6.45, 7) is 0. The number of aromatic carboxylic acids is 1. The van der Waals surface area contributed by atoms with Gasteiger partial charge in [0.2, 0.25) is 0 Å². The maximum absolute atomic E-state index is 10.5. The van der Waals surface area contributed by atoms with Gasteiger partial charge < -0.3 is 5.11 Å². The van der Waals surface area contributed by atoms with Crippen molar-refractivity contribution in [2.45, 2.75) is 0 Å². The highest BCUT2D eigenvalue weighted by atomic mass is 16.4. The second-order valence-corrected chi connectivity index (χ2v) is 2.22. The number of rotatable bonds is 2. The van der Waals surface area contributed by atoms with Crippen molar-refractivity contribution in [3.63, 3.8) is 0 Å². The van der Waals surface area contributed by atoms with Gasteiger partial charge in [-0.1, -0.05) is 6.07 Å². The molecule has 0 saturated heterocycles. The lowest BCUT2D eigenvalue weighted by Gasteiger charge is -1.94. The van der Waals surface area contributed by atoms with E-state index >= 15 is 0 Å². The average molecular weight is 174 g/mol. The third kappa shape index (κ3) is 2.42. The molecule has 0 aromatic carbocycles. The smallest absolute Gasteiger partial charge is 0.354 e. The topological polar surface area (TPSA) is 74.0 Å². The first-order valence-electron chi connectivity index (χ1n) is 3.50. The number of hydrogen-bond acceptors (Lipinski definition) is 3. The Balaban J connectivity index is 3.00. The van der Waals surface area contributed by atoms with Crippen molar-refractivity contribution < 1.29 is 9.90 Å². The fraction of sp³-hybridized carbons (Fsp3) is 0. The molecule has 0 bridgehead atoms. The normalized spacial score (nSPS) is 9.77. The van der Waals surface area contributed by atoms with Crippen molar-refractivity contribution in [2.24, 2.45) is 0 Å². The molecule has 1 heterocycles. The highest BCUT2D eigenvalue weighted by Gasteiger charge is 2.02. The van der Waals surface area contributed by atoms with Crippen molar-refractivity contribution in [3.8, 4) is 6.07 Å². The summed E-state index contributed by atoms with van der Waals surface area (Å²) in [6.07, 6.45) is 2.69. The number of carbonyl (C=O) groups is 1. The maximum Gasteiger partial charge on any atom is 0.354 e. The van der Waals surface area contributed by atoms with Crippen LogP contribution in [0.2, 0.25) is 0 Å². The van der Waals surface area contributed by atoms with Gasteiger partial charge in [0.15, 0.2) is 0 Å². The predicted molar refractivity (Wildman–Crippen MR) is 45.8 cm³/mol. The van der Waals surface area contributed by atoms with Crippen LogP contribution in [-0.4, -0.2) is 16.1 Å². The fourth-order valence-corrected chi connectivity index (χ4v) is 0.786. The van der Waals surface area contributed by atoms with Gasteiger partial charge in [0.25, 0.3) is 0 Å². The van der Waals surface area contributed by atoms with Crippen molar-refractivity contribution >= 4 is 12.0 Å². The van der Waals surface area contributed by atoms with Gasteiger partial charge in [-0.05, 0) is 18.2 Å². The molecule has 0 aliphatic carbocycles. The second kappa shape index (κ2) is 4.02. The number of carboxylic acids is 1. The Kier molecular flexibility index (Phi) is 2.77. The zero-order valence-corrected chi connectivity index (χ0v) is 6.64. The molecule has 4 heteroatoms. The molecule has 0 aliphatic heterocycles. The molecule has 0 spiro atoms. The minimum atomic E-state index is -1.08. The molecule has 0 atom stereocenters. The van der Waals surface area contributed by atoms with E-state index < -0.39 is 5.97 Å². The first kappa shape index (κ1) is 8.94. The standard InChI is InChI=1S/C9H6N2O2/c10-6-2-4-7-3-1-5-8(11-7)9(12)13/h1-5H,(H,12,13). The summed E-state index contributed by atoms with van der Waals surface area (Å²) in [7, 11) is 0. The van der Waals surface area contributed by atoms with Gasteiger partial charge in [-0.3, -0.25) is 0 Å². The largest absolute Gasteiger partial charge is 0.477 e. The number of nitrogens with zero attached hydrogens (tertiary/aromatic N) is 2. The summed E-state index contributed by atoms with van der Waals surface area (Å²) < 4.78 is 0. The predicted octanol–water partition coefficient (Wildman–Crippen LogP) is 1.32. The Labute approximate surface area is 74.8 Å². The molecule has 0 unspecified atom stereocenters. The lowest BCUT2D eigenvalue weighted by atomic mass is 10.3. The Morgan fingerprint density at radius 1 is 1.62 bits per heavy atom. The third-order valence-corrected chi connectivity index (χ3v) is 1.32. The van der Waals surface area contributed by atoms with Crippen LogP contribution < -0.4 is 0 Å². The molecule has 0 aliphatic rings. The summed E-state index contributed by atoms with van der Waals surface area (Å²) in [5, 5.41) is 16.8. The molecule has 1 aromatic heterocycles. The number of allylic oxidation sites excluding steroid dienone is 1. The van der Waals surface area contributed by atoms with E-state index in [9.17, 15) is 4.79 Å². The van der Waals surface area contributed by atoms with E-state index in [4.69, 9.17) is 10.4 Å². The monoisotopic (exact) mass is 174 g/mol. The Bertz CT molecular complexity index is 391. The van der Waals surface area contributed by atoms with Crippen molar-refractivity contribution in [2.75, 3.05) is 0 Å². The van der Waals surface area contributed by atoms with E-state index in [1.54, 1.807) is 18.2 Å². The van der Waals surface area contributed by atoms with Crippen LogP contribution in [0, 0.1) is 11.3 Å². The molecule has 0 radical (unpaired) electrons. The van der Waals surface area contributed by atoms with Crippen LogP contribution in [-0.2, 0) is 0 Å². The zero-order valence-electron chi connectivity index (χ0n) is 6.64. The third-order valence-electron chi connectivity index (χ3n) is 1.32. The van der Waals surface area contributed by atoms with E-state index in [-0.39, 0.29) is 5.69 Å². The van der Waals surface area contributed by atoms with Gasteiger partial charge in [-0.25, -0.2) is 9.78 Å². The van der Waals surface area contributed by atoms with Crippen LogP contribution in [0.25, 0.3) is 6.08 Å². The highest BCUT2D eigenvalue weighted by molar-refractivity contribution is 5.85. The molecule has 0 amide bonds. The minimum Gasteiger partial charge on any atom is -0.477 e. The molecule has 1 rings (SSSR count).